The van der Waals surface area contributed by atoms with E-state index in [1.54, 1.807) is 6.92 Å². The van der Waals surface area contributed by atoms with Gasteiger partial charge in [-0.3, -0.25) is 9.59 Å². The Hall–Kier alpha value is -2.50. The number of nitrogens with one attached hydrogen (secondary N) is 1. The molecule has 1 amide bonds. The van der Waals surface area contributed by atoms with Crippen LogP contribution in [0, 0.1) is 11.6 Å². The van der Waals surface area contributed by atoms with Gasteiger partial charge in [-0.2, -0.15) is 0 Å². The maximum Gasteiger partial charge on any atom is 0.258 e. The van der Waals surface area contributed by atoms with Crippen LogP contribution in [-0.2, 0) is 6.54 Å². The van der Waals surface area contributed by atoms with Crippen LogP contribution in [0.2, 0.25) is 0 Å². The quantitative estimate of drug-likeness (QED) is 0.937. The highest BCUT2D eigenvalue weighted by Crippen LogP contribution is 2.12. The van der Waals surface area contributed by atoms with Crippen molar-refractivity contribution in [3.63, 3.8) is 0 Å². The van der Waals surface area contributed by atoms with Crippen LogP contribution in [0.1, 0.15) is 17.3 Å². The van der Waals surface area contributed by atoms with Gasteiger partial charge in [0.25, 0.3) is 11.5 Å². The summed E-state index contributed by atoms with van der Waals surface area (Å²) in [6.45, 7) is 2.24. The fraction of sp³-hybridized carbons (Fsp3) is 0.143. The number of pyridine rings is 1. The molecule has 0 bridgehead atoms. The summed E-state index contributed by atoms with van der Waals surface area (Å²) in [4.78, 5) is 23.3. The number of aromatic nitrogens is 1. The molecule has 0 radical (unpaired) electrons. The van der Waals surface area contributed by atoms with Crippen LogP contribution in [0.4, 0.5) is 14.5 Å². The Labute approximate surface area is 113 Å². The van der Waals surface area contributed by atoms with E-state index in [4.69, 9.17) is 0 Å². The minimum absolute atomic E-state index is 0.196. The summed E-state index contributed by atoms with van der Waals surface area (Å²) < 4.78 is 27.6. The van der Waals surface area contributed by atoms with Crippen molar-refractivity contribution in [3.05, 3.63) is 64.1 Å². The van der Waals surface area contributed by atoms with E-state index in [1.165, 1.54) is 22.9 Å². The molecule has 0 spiro atoms. The van der Waals surface area contributed by atoms with Gasteiger partial charge in [0.2, 0.25) is 0 Å². The van der Waals surface area contributed by atoms with Crippen LogP contribution in [0.25, 0.3) is 0 Å². The van der Waals surface area contributed by atoms with Crippen molar-refractivity contribution in [1.82, 2.24) is 4.57 Å². The number of benzene rings is 1. The summed E-state index contributed by atoms with van der Waals surface area (Å²) in [6.07, 6.45) is 1.46. The molecule has 104 valence electrons. The molecule has 0 saturated heterocycles. The van der Waals surface area contributed by atoms with Crippen LogP contribution in [0.15, 0.2) is 41.3 Å². The molecule has 20 heavy (non-hydrogen) atoms. The summed E-state index contributed by atoms with van der Waals surface area (Å²) in [6, 6.07) is 5.44. The Balaban J connectivity index is 2.25. The highest BCUT2D eigenvalue weighted by molar-refractivity contribution is 6.04. The molecule has 0 aliphatic heterocycles. The molecule has 1 heterocycles. The molecule has 1 N–H and O–H groups in total. The monoisotopic (exact) mass is 278 g/mol. The lowest BCUT2D eigenvalue weighted by Crippen LogP contribution is -2.20. The van der Waals surface area contributed by atoms with Gasteiger partial charge in [0.15, 0.2) is 0 Å². The predicted octanol–water partition coefficient (Wildman–Crippen LogP) is 2.40. The number of rotatable bonds is 3. The molecule has 0 saturated carbocycles. The lowest BCUT2D eigenvalue weighted by atomic mass is 10.2. The Kier molecular flexibility index (Phi) is 3.93. The maximum atomic E-state index is 13.5. The summed E-state index contributed by atoms with van der Waals surface area (Å²) in [7, 11) is 0. The van der Waals surface area contributed by atoms with E-state index in [2.05, 4.69) is 5.32 Å². The first-order valence-electron chi connectivity index (χ1n) is 5.98. The standard InChI is InChI=1S/C14H12F2N2O2/c1-2-18-8-10(4-6-13(18)19)17-14(20)11-5-3-9(15)7-12(11)16/h3-8H,2H2,1H3,(H,17,20). The second-order valence-electron chi connectivity index (χ2n) is 4.12. The van der Waals surface area contributed by atoms with Crippen LogP contribution >= 0.6 is 0 Å². The fourth-order valence-electron chi connectivity index (χ4n) is 1.72. The lowest BCUT2D eigenvalue weighted by molar-refractivity contribution is 0.102. The topological polar surface area (TPSA) is 51.1 Å². The van der Waals surface area contributed by atoms with Gasteiger partial charge in [-0.05, 0) is 25.1 Å². The third-order valence-corrected chi connectivity index (χ3v) is 2.76. The molecular weight excluding hydrogens is 266 g/mol. The first kappa shape index (κ1) is 13.9. The first-order valence-corrected chi connectivity index (χ1v) is 5.98. The Morgan fingerprint density at radius 1 is 1.25 bits per heavy atom. The van der Waals surface area contributed by atoms with Crippen LogP contribution < -0.4 is 10.9 Å². The third kappa shape index (κ3) is 2.90. The summed E-state index contributed by atoms with van der Waals surface area (Å²) >= 11 is 0. The molecule has 0 fully saturated rings. The molecule has 1 aromatic carbocycles. The van der Waals surface area contributed by atoms with E-state index in [-0.39, 0.29) is 11.1 Å². The van der Waals surface area contributed by atoms with Crippen molar-refractivity contribution in [2.75, 3.05) is 5.32 Å². The summed E-state index contributed by atoms with van der Waals surface area (Å²) in [5.41, 5.74) is -0.0979. The van der Waals surface area contributed by atoms with Crippen LogP contribution in [-0.4, -0.2) is 10.5 Å². The molecule has 6 heteroatoms. The number of hydrogen-bond donors (Lipinski definition) is 1. The fourth-order valence-corrected chi connectivity index (χ4v) is 1.72. The predicted molar refractivity (Wildman–Crippen MR) is 70.7 cm³/mol. The average Bonchev–Trinajstić information content (AvgIpc) is 2.40. The summed E-state index contributed by atoms with van der Waals surface area (Å²) in [5.74, 6) is -2.39. The number of nitrogens with zero attached hydrogens (tertiary/aromatic N) is 1. The van der Waals surface area contributed by atoms with Gasteiger partial charge in [0.05, 0.1) is 11.3 Å². The van der Waals surface area contributed by atoms with Crippen LogP contribution in [0.3, 0.4) is 0 Å². The highest BCUT2D eigenvalue weighted by atomic mass is 19.1. The maximum absolute atomic E-state index is 13.5. The molecule has 2 rings (SSSR count). The van der Waals surface area contributed by atoms with E-state index in [0.29, 0.717) is 18.3 Å². The number of aryl methyl sites for hydroxylation is 1. The van der Waals surface area contributed by atoms with Crippen molar-refractivity contribution in [3.8, 4) is 0 Å². The molecule has 0 aliphatic carbocycles. The van der Waals surface area contributed by atoms with E-state index in [9.17, 15) is 18.4 Å². The van der Waals surface area contributed by atoms with E-state index in [1.807, 2.05) is 0 Å². The Morgan fingerprint density at radius 2 is 2.00 bits per heavy atom. The largest absolute Gasteiger partial charge is 0.321 e. The smallest absolute Gasteiger partial charge is 0.258 e. The number of carbonyl (C=O) groups excluding carboxylic acids is 1. The zero-order valence-corrected chi connectivity index (χ0v) is 10.7. The van der Waals surface area contributed by atoms with Crippen molar-refractivity contribution >= 4 is 11.6 Å². The molecule has 1 aromatic heterocycles. The molecular formula is C14H12F2N2O2. The van der Waals surface area contributed by atoms with Crippen molar-refractivity contribution in [1.29, 1.82) is 0 Å². The van der Waals surface area contributed by atoms with Gasteiger partial charge >= 0.3 is 0 Å². The number of hydrogen-bond acceptors (Lipinski definition) is 2. The van der Waals surface area contributed by atoms with Crippen molar-refractivity contribution in [2.24, 2.45) is 0 Å². The average molecular weight is 278 g/mol. The zero-order chi connectivity index (χ0) is 14.7. The highest BCUT2D eigenvalue weighted by Gasteiger charge is 2.13. The number of halogens is 2. The minimum atomic E-state index is -0.939. The number of amides is 1. The van der Waals surface area contributed by atoms with Gasteiger partial charge in [-0.15, -0.1) is 0 Å². The molecule has 4 nitrogen and oxygen atoms in total. The van der Waals surface area contributed by atoms with Crippen molar-refractivity contribution < 1.29 is 13.6 Å². The van der Waals surface area contributed by atoms with Crippen LogP contribution in [0.5, 0.6) is 0 Å². The molecule has 0 atom stereocenters. The van der Waals surface area contributed by atoms with Gasteiger partial charge in [-0.25, -0.2) is 8.78 Å². The van der Waals surface area contributed by atoms with Crippen molar-refractivity contribution in [2.45, 2.75) is 13.5 Å². The number of anilines is 1. The van der Waals surface area contributed by atoms with E-state index < -0.39 is 17.5 Å². The van der Waals surface area contributed by atoms with E-state index in [0.717, 1.165) is 12.1 Å². The first-order chi connectivity index (χ1) is 9.51. The van der Waals surface area contributed by atoms with Gasteiger partial charge in [0, 0.05) is 24.9 Å². The zero-order valence-electron chi connectivity index (χ0n) is 10.7. The van der Waals surface area contributed by atoms with Gasteiger partial charge < -0.3 is 9.88 Å². The molecule has 0 aliphatic rings. The summed E-state index contributed by atoms with van der Waals surface area (Å²) in [5, 5.41) is 2.46. The molecule has 2 aromatic rings. The van der Waals surface area contributed by atoms with E-state index >= 15 is 0 Å². The Bertz CT molecular complexity index is 711. The minimum Gasteiger partial charge on any atom is -0.321 e. The van der Waals surface area contributed by atoms with Gasteiger partial charge in [0.1, 0.15) is 11.6 Å². The SMILES string of the molecule is CCn1cc(NC(=O)c2ccc(F)cc2F)ccc1=O. The normalized spacial score (nSPS) is 10.3. The lowest BCUT2D eigenvalue weighted by Gasteiger charge is -2.08. The molecule has 0 unspecified atom stereocenters. The van der Waals surface area contributed by atoms with Gasteiger partial charge in [-0.1, -0.05) is 0 Å². The third-order valence-electron chi connectivity index (χ3n) is 2.76. The Morgan fingerprint density at radius 3 is 2.65 bits per heavy atom. The second-order valence-corrected chi connectivity index (χ2v) is 4.12. The second kappa shape index (κ2) is 5.64. The number of carbonyl (C=O) groups is 1.